The van der Waals surface area contributed by atoms with Crippen LogP contribution in [-0.4, -0.2) is 37.2 Å². The number of aliphatic hydroxyl groups excluding tert-OH is 1. The molecule has 0 saturated heterocycles. The number of nitrogens with one attached hydrogen (secondary N) is 3. The van der Waals surface area contributed by atoms with Gasteiger partial charge in [0.25, 0.3) is 0 Å². The van der Waals surface area contributed by atoms with E-state index in [9.17, 15) is 9.90 Å². The van der Waals surface area contributed by atoms with E-state index < -0.39 is 0 Å². The van der Waals surface area contributed by atoms with Crippen molar-refractivity contribution < 1.29 is 9.90 Å². The molecule has 0 aromatic heterocycles. The quantitative estimate of drug-likeness (QED) is 0.397. The maximum absolute atomic E-state index is 11.8. The van der Waals surface area contributed by atoms with E-state index in [2.05, 4.69) is 20.9 Å². The number of carbonyl (C=O) groups is 1. The van der Waals surface area contributed by atoms with Crippen LogP contribution in [0.15, 0.2) is 59.6 Å². The second-order valence-corrected chi connectivity index (χ2v) is 6.60. The van der Waals surface area contributed by atoms with E-state index in [1.54, 1.807) is 7.05 Å². The fourth-order valence-corrected chi connectivity index (χ4v) is 2.85. The summed E-state index contributed by atoms with van der Waals surface area (Å²) in [5, 5.41) is 19.1. The molecule has 28 heavy (non-hydrogen) atoms. The molecule has 0 fully saturated rings. The van der Waals surface area contributed by atoms with Crippen molar-refractivity contribution >= 4 is 17.6 Å². The van der Waals surface area contributed by atoms with Gasteiger partial charge < -0.3 is 21.1 Å². The summed E-state index contributed by atoms with van der Waals surface area (Å²) in [6.45, 7) is 3.20. The Morgan fingerprint density at radius 3 is 2.57 bits per heavy atom. The van der Waals surface area contributed by atoms with Gasteiger partial charge in [-0.05, 0) is 29.7 Å². The molecule has 2 rings (SSSR count). The normalized spacial score (nSPS) is 12.3. The first-order chi connectivity index (χ1) is 13.7. The van der Waals surface area contributed by atoms with Crippen molar-refractivity contribution in [3.8, 4) is 0 Å². The van der Waals surface area contributed by atoms with Crippen LogP contribution < -0.4 is 16.0 Å². The number of benzene rings is 2. The van der Waals surface area contributed by atoms with E-state index in [1.165, 1.54) is 0 Å². The van der Waals surface area contributed by atoms with Crippen LogP contribution in [0.5, 0.6) is 0 Å². The predicted octanol–water partition coefficient (Wildman–Crippen LogP) is 2.87. The number of nitrogens with zero attached hydrogens (tertiary/aromatic N) is 1. The summed E-state index contributed by atoms with van der Waals surface area (Å²) in [6.07, 6.45) is 1.35. The van der Waals surface area contributed by atoms with Gasteiger partial charge in [0.1, 0.15) is 0 Å². The Hall–Kier alpha value is -2.86. The van der Waals surface area contributed by atoms with Gasteiger partial charge in [-0.3, -0.25) is 9.79 Å². The van der Waals surface area contributed by atoms with Crippen LogP contribution in [-0.2, 0) is 11.3 Å². The number of hydrogen-bond acceptors (Lipinski definition) is 3. The van der Waals surface area contributed by atoms with Crippen LogP contribution >= 0.6 is 0 Å². The molecule has 0 heterocycles. The molecule has 6 nitrogen and oxygen atoms in total. The lowest BCUT2D eigenvalue weighted by Gasteiger charge is -2.18. The van der Waals surface area contributed by atoms with Crippen LogP contribution in [0, 0.1) is 0 Å². The molecule has 2 aromatic rings. The van der Waals surface area contributed by atoms with Crippen molar-refractivity contribution in [1.82, 2.24) is 10.6 Å². The third kappa shape index (κ3) is 7.04. The van der Waals surface area contributed by atoms with Crippen LogP contribution in [0.1, 0.15) is 36.8 Å². The highest BCUT2D eigenvalue weighted by atomic mass is 16.3. The molecule has 4 N–H and O–H groups in total. The maximum atomic E-state index is 11.8. The zero-order valence-electron chi connectivity index (χ0n) is 16.6. The molecule has 0 radical (unpaired) electrons. The molecule has 0 aliphatic heterocycles. The van der Waals surface area contributed by atoms with Gasteiger partial charge in [0.05, 0.1) is 6.61 Å². The molecule has 6 heteroatoms. The Morgan fingerprint density at radius 2 is 1.89 bits per heavy atom. The second kappa shape index (κ2) is 11.8. The molecule has 1 unspecified atom stereocenters. The fraction of sp³-hybridized carbons (Fsp3) is 0.364. The Morgan fingerprint density at radius 1 is 1.11 bits per heavy atom. The average Bonchev–Trinajstić information content (AvgIpc) is 2.72. The lowest BCUT2D eigenvalue weighted by molar-refractivity contribution is -0.116. The standard InChI is InChI=1S/C22H30N4O2/c1-3-8-21(28)26-20-12-7-9-17(13-20)14-24-22(23-2)25-15-19(16-27)18-10-5-4-6-11-18/h4-7,9-13,19,27H,3,8,14-16H2,1-2H3,(H,26,28)(H2,23,24,25). The summed E-state index contributed by atoms with van der Waals surface area (Å²) in [7, 11) is 1.72. The van der Waals surface area contributed by atoms with Crippen molar-refractivity contribution in [2.75, 3.05) is 25.5 Å². The highest BCUT2D eigenvalue weighted by Gasteiger charge is 2.11. The fourth-order valence-electron chi connectivity index (χ4n) is 2.85. The van der Waals surface area contributed by atoms with Gasteiger partial charge in [-0.25, -0.2) is 0 Å². The van der Waals surface area contributed by atoms with E-state index >= 15 is 0 Å². The monoisotopic (exact) mass is 382 g/mol. The van der Waals surface area contributed by atoms with Crippen molar-refractivity contribution in [2.45, 2.75) is 32.2 Å². The van der Waals surface area contributed by atoms with Crippen LogP contribution in [0.4, 0.5) is 5.69 Å². The van der Waals surface area contributed by atoms with Crippen molar-refractivity contribution in [3.05, 3.63) is 65.7 Å². The van der Waals surface area contributed by atoms with Gasteiger partial charge in [-0.2, -0.15) is 0 Å². The lowest BCUT2D eigenvalue weighted by atomic mass is 10.0. The molecular formula is C22H30N4O2. The minimum atomic E-state index is -0.00291. The maximum Gasteiger partial charge on any atom is 0.224 e. The van der Waals surface area contributed by atoms with Crippen LogP contribution in [0.3, 0.4) is 0 Å². The summed E-state index contributed by atoms with van der Waals surface area (Å²) in [4.78, 5) is 16.0. The third-order valence-corrected chi connectivity index (χ3v) is 4.38. The Kier molecular flexibility index (Phi) is 9.01. The van der Waals surface area contributed by atoms with Crippen molar-refractivity contribution in [2.24, 2.45) is 4.99 Å². The molecule has 0 aliphatic carbocycles. The first kappa shape index (κ1) is 21.4. The Bertz CT molecular complexity index is 762. The number of aliphatic hydroxyl groups is 1. The summed E-state index contributed by atoms with van der Waals surface area (Å²) in [5.41, 5.74) is 2.92. The minimum Gasteiger partial charge on any atom is -0.396 e. The lowest BCUT2D eigenvalue weighted by Crippen LogP contribution is -2.39. The topological polar surface area (TPSA) is 85.8 Å². The van der Waals surface area contributed by atoms with E-state index in [0.29, 0.717) is 25.5 Å². The molecule has 0 spiro atoms. The summed E-state index contributed by atoms with van der Waals surface area (Å²) in [5.74, 6) is 0.688. The second-order valence-electron chi connectivity index (χ2n) is 6.60. The van der Waals surface area contributed by atoms with Crippen molar-refractivity contribution in [3.63, 3.8) is 0 Å². The number of hydrogen-bond donors (Lipinski definition) is 4. The van der Waals surface area contributed by atoms with Gasteiger partial charge in [-0.15, -0.1) is 0 Å². The van der Waals surface area contributed by atoms with Gasteiger partial charge in [0.15, 0.2) is 5.96 Å². The molecule has 0 aliphatic rings. The minimum absolute atomic E-state index is 0.00291. The molecule has 1 amide bonds. The van der Waals surface area contributed by atoms with Gasteiger partial charge in [0, 0.05) is 38.2 Å². The molecule has 150 valence electrons. The SMILES string of the molecule is CCCC(=O)Nc1cccc(CNC(=NC)NCC(CO)c2ccccc2)c1. The van der Waals surface area contributed by atoms with Gasteiger partial charge >= 0.3 is 0 Å². The van der Waals surface area contributed by atoms with Crippen LogP contribution in [0.2, 0.25) is 0 Å². The zero-order chi connectivity index (χ0) is 20.2. The van der Waals surface area contributed by atoms with E-state index in [-0.39, 0.29) is 18.4 Å². The predicted molar refractivity (Wildman–Crippen MR) is 114 cm³/mol. The molecule has 0 saturated carbocycles. The summed E-state index contributed by atoms with van der Waals surface area (Å²) < 4.78 is 0. The molecular weight excluding hydrogens is 352 g/mol. The van der Waals surface area contributed by atoms with E-state index in [1.807, 2.05) is 61.5 Å². The number of aliphatic imine (C=N–C) groups is 1. The van der Waals surface area contributed by atoms with Gasteiger partial charge in [0.2, 0.25) is 5.91 Å². The highest BCUT2D eigenvalue weighted by Crippen LogP contribution is 2.14. The average molecular weight is 383 g/mol. The van der Waals surface area contributed by atoms with Crippen LogP contribution in [0.25, 0.3) is 0 Å². The Labute approximate surface area is 167 Å². The first-order valence-electron chi connectivity index (χ1n) is 9.65. The smallest absolute Gasteiger partial charge is 0.224 e. The number of rotatable bonds is 9. The molecule has 2 aromatic carbocycles. The largest absolute Gasteiger partial charge is 0.396 e. The number of carbonyl (C=O) groups excluding carboxylic acids is 1. The Balaban J connectivity index is 1.87. The van der Waals surface area contributed by atoms with E-state index in [4.69, 9.17) is 0 Å². The van der Waals surface area contributed by atoms with E-state index in [0.717, 1.165) is 23.2 Å². The third-order valence-electron chi connectivity index (χ3n) is 4.38. The van der Waals surface area contributed by atoms with Crippen molar-refractivity contribution in [1.29, 1.82) is 0 Å². The van der Waals surface area contributed by atoms with Gasteiger partial charge in [-0.1, -0.05) is 49.4 Å². The summed E-state index contributed by atoms with van der Waals surface area (Å²) in [6, 6.07) is 17.7. The highest BCUT2D eigenvalue weighted by molar-refractivity contribution is 5.90. The first-order valence-corrected chi connectivity index (χ1v) is 9.65. The molecule has 1 atom stereocenters. The number of guanidine groups is 1. The zero-order valence-corrected chi connectivity index (χ0v) is 16.6. The molecule has 0 bridgehead atoms. The number of amides is 1. The number of anilines is 1. The summed E-state index contributed by atoms with van der Waals surface area (Å²) >= 11 is 0.